The van der Waals surface area contributed by atoms with Gasteiger partial charge in [-0.25, -0.2) is 0 Å². The predicted molar refractivity (Wildman–Crippen MR) is 76.8 cm³/mol. The van der Waals surface area contributed by atoms with Crippen molar-refractivity contribution in [1.29, 1.82) is 0 Å². The van der Waals surface area contributed by atoms with Gasteiger partial charge in [-0.2, -0.15) is 0 Å². The lowest BCUT2D eigenvalue weighted by atomic mass is 10.2. The van der Waals surface area contributed by atoms with Crippen molar-refractivity contribution in [3.8, 4) is 11.5 Å². The molecule has 7 heteroatoms. The number of carbonyl (C=O) groups is 1. The van der Waals surface area contributed by atoms with Gasteiger partial charge in [0.05, 0.1) is 19.9 Å². The Morgan fingerprint density at radius 2 is 2.05 bits per heavy atom. The van der Waals surface area contributed by atoms with E-state index in [1.807, 2.05) is 6.92 Å². The van der Waals surface area contributed by atoms with Crippen LogP contribution in [0.1, 0.15) is 22.3 Å². The zero-order chi connectivity index (χ0) is 14.5. The second-order valence-corrected chi connectivity index (χ2v) is 4.68. The molecule has 0 aliphatic carbocycles. The van der Waals surface area contributed by atoms with E-state index in [0.717, 1.165) is 11.5 Å². The summed E-state index contributed by atoms with van der Waals surface area (Å²) in [6.07, 6.45) is 0.672. The minimum absolute atomic E-state index is 0.218. The van der Waals surface area contributed by atoms with Crippen LogP contribution < -0.4 is 14.8 Å². The van der Waals surface area contributed by atoms with Crippen LogP contribution in [0.3, 0.4) is 0 Å². The van der Waals surface area contributed by atoms with Crippen molar-refractivity contribution < 1.29 is 14.3 Å². The average molecular weight is 293 g/mol. The largest absolute Gasteiger partial charge is 0.493 e. The number of amides is 1. The number of ether oxygens (including phenoxy) is 2. The Bertz CT molecular complexity index is 613. The molecule has 106 valence electrons. The number of hydrogen-bond acceptors (Lipinski definition) is 6. The number of nitrogens with zero attached hydrogens (tertiary/aromatic N) is 2. The Balaban J connectivity index is 2.20. The Kier molecular flexibility index (Phi) is 4.52. The maximum Gasteiger partial charge on any atom is 0.269 e. The summed E-state index contributed by atoms with van der Waals surface area (Å²) in [6, 6.07) is 5.19. The van der Waals surface area contributed by atoms with Crippen LogP contribution in [0.2, 0.25) is 0 Å². The van der Waals surface area contributed by atoms with E-state index in [2.05, 4.69) is 14.9 Å². The number of nitrogens with one attached hydrogen (secondary N) is 1. The second kappa shape index (κ2) is 6.33. The van der Waals surface area contributed by atoms with E-state index >= 15 is 0 Å². The van der Waals surface area contributed by atoms with Crippen LogP contribution in [0.15, 0.2) is 18.2 Å². The zero-order valence-corrected chi connectivity index (χ0v) is 12.3. The molecule has 0 spiro atoms. The number of benzene rings is 1. The van der Waals surface area contributed by atoms with E-state index in [-0.39, 0.29) is 5.91 Å². The van der Waals surface area contributed by atoms with Crippen molar-refractivity contribution >= 4 is 23.1 Å². The third-order valence-corrected chi connectivity index (χ3v) is 3.51. The van der Waals surface area contributed by atoms with Crippen LogP contribution in [-0.2, 0) is 6.42 Å². The Morgan fingerprint density at radius 1 is 1.30 bits per heavy atom. The highest BCUT2D eigenvalue weighted by Gasteiger charge is 2.15. The SMILES string of the molecule is CCc1nnsc1C(=O)Nc1ccc(OC)c(OC)c1. The highest BCUT2D eigenvalue weighted by Crippen LogP contribution is 2.30. The summed E-state index contributed by atoms with van der Waals surface area (Å²) in [7, 11) is 3.11. The third-order valence-electron chi connectivity index (χ3n) is 2.74. The first-order valence-electron chi connectivity index (χ1n) is 6.04. The van der Waals surface area contributed by atoms with Crippen LogP contribution in [0.5, 0.6) is 11.5 Å². The van der Waals surface area contributed by atoms with Crippen molar-refractivity contribution in [3.63, 3.8) is 0 Å². The molecule has 1 N–H and O–H groups in total. The zero-order valence-electron chi connectivity index (χ0n) is 11.5. The van der Waals surface area contributed by atoms with Gasteiger partial charge in [-0.15, -0.1) is 5.10 Å². The van der Waals surface area contributed by atoms with Crippen molar-refractivity contribution in [1.82, 2.24) is 9.59 Å². The van der Waals surface area contributed by atoms with Crippen molar-refractivity contribution in [2.75, 3.05) is 19.5 Å². The summed E-state index contributed by atoms with van der Waals surface area (Å²) in [4.78, 5) is 12.7. The first-order valence-corrected chi connectivity index (χ1v) is 6.81. The number of hydrogen-bond donors (Lipinski definition) is 1. The number of aryl methyl sites for hydroxylation is 1. The van der Waals surface area contributed by atoms with Crippen LogP contribution in [-0.4, -0.2) is 29.7 Å². The predicted octanol–water partition coefficient (Wildman–Crippen LogP) is 2.37. The van der Waals surface area contributed by atoms with Gasteiger partial charge < -0.3 is 14.8 Å². The molecule has 20 heavy (non-hydrogen) atoms. The third kappa shape index (κ3) is 2.88. The average Bonchev–Trinajstić information content (AvgIpc) is 2.95. The first kappa shape index (κ1) is 14.3. The molecule has 0 aliphatic rings. The van der Waals surface area contributed by atoms with Crippen molar-refractivity contribution in [2.45, 2.75) is 13.3 Å². The van der Waals surface area contributed by atoms with Crippen LogP contribution in [0.25, 0.3) is 0 Å². The Hall–Kier alpha value is -2.15. The lowest BCUT2D eigenvalue weighted by Gasteiger charge is -2.10. The van der Waals surface area contributed by atoms with E-state index in [0.29, 0.717) is 34.2 Å². The molecule has 1 amide bonds. The second-order valence-electron chi connectivity index (χ2n) is 3.93. The van der Waals surface area contributed by atoms with Gasteiger partial charge in [-0.05, 0) is 30.1 Å². The molecule has 1 heterocycles. The number of rotatable bonds is 5. The molecular formula is C13H15N3O3S. The molecule has 0 aliphatic heterocycles. The van der Waals surface area contributed by atoms with Gasteiger partial charge in [0, 0.05) is 11.8 Å². The van der Waals surface area contributed by atoms with Crippen LogP contribution in [0, 0.1) is 0 Å². The molecule has 2 aromatic rings. The van der Waals surface area contributed by atoms with Crippen LogP contribution >= 0.6 is 11.5 Å². The van der Waals surface area contributed by atoms with E-state index in [1.54, 1.807) is 32.4 Å². The fourth-order valence-electron chi connectivity index (χ4n) is 1.71. The van der Waals surface area contributed by atoms with Gasteiger partial charge in [0.2, 0.25) is 0 Å². The fourth-order valence-corrected chi connectivity index (χ4v) is 2.36. The molecule has 0 saturated heterocycles. The molecular weight excluding hydrogens is 278 g/mol. The first-order chi connectivity index (χ1) is 9.69. The maximum absolute atomic E-state index is 12.2. The van der Waals surface area contributed by atoms with E-state index in [9.17, 15) is 4.79 Å². The van der Waals surface area contributed by atoms with Crippen molar-refractivity contribution in [2.24, 2.45) is 0 Å². The Labute approximate surface area is 120 Å². The van der Waals surface area contributed by atoms with Gasteiger partial charge in [0.1, 0.15) is 4.88 Å². The molecule has 0 unspecified atom stereocenters. The van der Waals surface area contributed by atoms with Crippen molar-refractivity contribution in [3.05, 3.63) is 28.8 Å². The Morgan fingerprint density at radius 3 is 2.70 bits per heavy atom. The highest BCUT2D eigenvalue weighted by molar-refractivity contribution is 7.08. The summed E-state index contributed by atoms with van der Waals surface area (Å²) >= 11 is 1.09. The highest BCUT2D eigenvalue weighted by atomic mass is 32.1. The van der Waals surface area contributed by atoms with Gasteiger partial charge in [-0.1, -0.05) is 11.4 Å². The molecule has 0 bridgehead atoms. The summed E-state index contributed by atoms with van der Waals surface area (Å²) < 4.78 is 14.1. The normalized spacial score (nSPS) is 10.2. The summed E-state index contributed by atoms with van der Waals surface area (Å²) in [5.74, 6) is 0.951. The molecule has 1 aromatic carbocycles. The monoisotopic (exact) mass is 293 g/mol. The topological polar surface area (TPSA) is 73.3 Å². The minimum Gasteiger partial charge on any atom is -0.493 e. The maximum atomic E-state index is 12.2. The molecule has 6 nitrogen and oxygen atoms in total. The number of aromatic nitrogens is 2. The molecule has 0 fully saturated rings. The van der Waals surface area contributed by atoms with Gasteiger partial charge >= 0.3 is 0 Å². The molecule has 0 saturated carbocycles. The standard InChI is InChI=1S/C13H15N3O3S/c1-4-9-12(20-16-15-9)13(17)14-8-5-6-10(18-2)11(7-8)19-3/h5-7H,4H2,1-3H3,(H,14,17). The van der Waals surface area contributed by atoms with E-state index < -0.39 is 0 Å². The lowest BCUT2D eigenvalue weighted by molar-refractivity contribution is 0.102. The fraction of sp³-hybridized carbons (Fsp3) is 0.308. The summed E-state index contributed by atoms with van der Waals surface area (Å²) in [5.41, 5.74) is 1.33. The summed E-state index contributed by atoms with van der Waals surface area (Å²) in [5, 5.41) is 6.72. The van der Waals surface area contributed by atoms with E-state index in [4.69, 9.17) is 9.47 Å². The minimum atomic E-state index is -0.218. The van der Waals surface area contributed by atoms with Gasteiger partial charge in [0.15, 0.2) is 11.5 Å². The van der Waals surface area contributed by atoms with Gasteiger partial charge in [-0.3, -0.25) is 4.79 Å². The smallest absolute Gasteiger partial charge is 0.269 e. The molecule has 0 atom stereocenters. The molecule has 0 radical (unpaired) electrons. The summed E-state index contributed by atoms with van der Waals surface area (Å²) in [6.45, 7) is 1.93. The van der Waals surface area contributed by atoms with Crippen LogP contribution in [0.4, 0.5) is 5.69 Å². The molecule has 2 rings (SSSR count). The number of carbonyl (C=O) groups excluding carboxylic acids is 1. The number of methoxy groups -OCH3 is 2. The van der Waals surface area contributed by atoms with E-state index in [1.165, 1.54) is 0 Å². The quantitative estimate of drug-likeness (QED) is 0.916. The van der Waals surface area contributed by atoms with Gasteiger partial charge in [0.25, 0.3) is 5.91 Å². The number of anilines is 1. The molecule has 1 aromatic heterocycles. The lowest BCUT2D eigenvalue weighted by Crippen LogP contribution is -2.12.